The SMILES string of the molecule is O=S(=O)(NCCC1CCCCN1)c1cccc2ccccc12. The number of piperidine rings is 1. The van der Waals surface area contributed by atoms with Crippen molar-refractivity contribution in [1.82, 2.24) is 10.0 Å². The predicted octanol–water partition coefficient (Wildman–Crippen LogP) is 2.65. The Bertz CT molecular complexity index is 732. The lowest BCUT2D eigenvalue weighted by Gasteiger charge is -2.23. The molecule has 1 aliphatic heterocycles. The normalized spacial score (nSPS) is 19.4. The van der Waals surface area contributed by atoms with E-state index in [1.165, 1.54) is 12.8 Å². The topological polar surface area (TPSA) is 58.2 Å². The molecule has 1 heterocycles. The van der Waals surface area contributed by atoms with Crippen LogP contribution in [0.3, 0.4) is 0 Å². The minimum atomic E-state index is -3.47. The molecule has 0 spiro atoms. The van der Waals surface area contributed by atoms with Crippen LogP contribution in [-0.2, 0) is 10.0 Å². The number of rotatable bonds is 5. The average molecular weight is 318 g/mol. The molecular weight excluding hydrogens is 296 g/mol. The Hall–Kier alpha value is -1.43. The standard InChI is InChI=1S/C17H22N2O2S/c20-22(21,19-13-11-15-8-3-4-12-18-15)17-10-5-7-14-6-1-2-9-16(14)17/h1-2,5-7,9-10,15,18-19H,3-4,8,11-13H2. The lowest BCUT2D eigenvalue weighted by atomic mass is 10.0. The molecule has 4 nitrogen and oxygen atoms in total. The lowest BCUT2D eigenvalue weighted by Crippen LogP contribution is -2.37. The van der Waals surface area contributed by atoms with Gasteiger partial charge >= 0.3 is 0 Å². The number of hydrogen-bond donors (Lipinski definition) is 2. The number of nitrogens with one attached hydrogen (secondary N) is 2. The molecule has 0 aliphatic carbocycles. The van der Waals surface area contributed by atoms with Crippen LogP contribution < -0.4 is 10.0 Å². The largest absolute Gasteiger partial charge is 0.314 e. The van der Waals surface area contributed by atoms with Crippen molar-refractivity contribution in [3.05, 3.63) is 42.5 Å². The summed E-state index contributed by atoms with van der Waals surface area (Å²) in [5.74, 6) is 0. The molecule has 118 valence electrons. The Balaban J connectivity index is 1.71. The van der Waals surface area contributed by atoms with Crippen LogP contribution >= 0.6 is 0 Å². The third kappa shape index (κ3) is 3.48. The molecule has 22 heavy (non-hydrogen) atoms. The number of fused-ring (bicyclic) bond motifs is 1. The van der Waals surface area contributed by atoms with Crippen molar-refractivity contribution in [2.75, 3.05) is 13.1 Å². The van der Waals surface area contributed by atoms with Crippen molar-refractivity contribution in [3.8, 4) is 0 Å². The summed E-state index contributed by atoms with van der Waals surface area (Å²) in [4.78, 5) is 0.363. The van der Waals surface area contributed by atoms with Crippen LogP contribution in [0.2, 0.25) is 0 Å². The quantitative estimate of drug-likeness (QED) is 0.891. The van der Waals surface area contributed by atoms with Gasteiger partial charge in [0.05, 0.1) is 4.90 Å². The molecular formula is C17H22N2O2S. The number of hydrogen-bond acceptors (Lipinski definition) is 3. The van der Waals surface area contributed by atoms with E-state index in [9.17, 15) is 8.42 Å². The molecule has 0 bridgehead atoms. The van der Waals surface area contributed by atoms with Crippen molar-refractivity contribution < 1.29 is 8.42 Å². The van der Waals surface area contributed by atoms with E-state index in [1.807, 2.05) is 30.3 Å². The van der Waals surface area contributed by atoms with Crippen molar-refractivity contribution in [2.24, 2.45) is 0 Å². The van der Waals surface area contributed by atoms with E-state index in [4.69, 9.17) is 0 Å². The van der Waals surface area contributed by atoms with Gasteiger partial charge in [0.1, 0.15) is 0 Å². The summed E-state index contributed by atoms with van der Waals surface area (Å²) in [6.45, 7) is 1.52. The van der Waals surface area contributed by atoms with Gasteiger partial charge < -0.3 is 5.32 Å². The Morgan fingerprint density at radius 3 is 2.73 bits per heavy atom. The molecule has 0 amide bonds. The van der Waals surface area contributed by atoms with Gasteiger partial charge in [-0.2, -0.15) is 0 Å². The van der Waals surface area contributed by atoms with Crippen LogP contribution in [0, 0.1) is 0 Å². The third-order valence-corrected chi connectivity index (χ3v) is 5.76. The molecule has 2 aromatic rings. The first kappa shape index (κ1) is 15.5. The highest BCUT2D eigenvalue weighted by atomic mass is 32.2. The van der Waals surface area contributed by atoms with Gasteiger partial charge in [-0.15, -0.1) is 0 Å². The fourth-order valence-electron chi connectivity index (χ4n) is 3.05. The van der Waals surface area contributed by atoms with Gasteiger partial charge in [-0.25, -0.2) is 13.1 Å². The summed E-state index contributed by atoms with van der Waals surface area (Å²) >= 11 is 0. The molecule has 5 heteroatoms. The summed E-state index contributed by atoms with van der Waals surface area (Å²) in [5.41, 5.74) is 0. The Morgan fingerprint density at radius 1 is 1.09 bits per heavy atom. The zero-order chi connectivity index (χ0) is 15.4. The van der Waals surface area contributed by atoms with Gasteiger partial charge in [-0.05, 0) is 37.3 Å². The lowest BCUT2D eigenvalue weighted by molar-refractivity contribution is 0.382. The summed E-state index contributed by atoms with van der Waals surface area (Å²) in [6.07, 6.45) is 4.42. The van der Waals surface area contributed by atoms with Gasteiger partial charge in [-0.3, -0.25) is 0 Å². The van der Waals surface area contributed by atoms with Crippen LogP contribution in [0.1, 0.15) is 25.7 Å². The molecule has 1 unspecified atom stereocenters. The zero-order valence-electron chi connectivity index (χ0n) is 12.6. The Kier molecular flexibility index (Phi) is 4.76. The number of sulfonamides is 1. The first-order valence-corrected chi connectivity index (χ1v) is 9.36. The molecule has 0 radical (unpaired) electrons. The predicted molar refractivity (Wildman–Crippen MR) is 89.4 cm³/mol. The minimum absolute atomic E-state index is 0.363. The van der Waals surface area contributed by atoms with E-state index in [0.717, 1.165) is 30.2 Å². The van der Waals surface area contributed by atoms with Crippen molar-refractivity contribution in [2.45, 2.75) is 36.6 Å². The molecule has 0 saturated carbocycles. The molecule has 1 saturated heterocycles. The Morgan fingerprint density at radius 2 is 1.91 bits per heavy atom. The molecule has 1 fully saturated rings. The molecule has 1 atom stereocenters. The zero-order valence-corrected chi connectivity index (χ0v) is 13.4. The second-order valence-corrected chi connectivity index (χ2v) is 7.55. The fraction of sp³-hybridized carbons (Fsp3) is 0.412. The highest BCUT2D eigenvalue weighted by molar-refractivity contribution is 7.89. The summed E-state index contributed by atoms with van der Waals surface area (Å²) in [7, 11) is -3.47. The summed E-state index contributed by atoms with van der Waals surface area (Å²) in [6, 6.07) is 13.4. The maximum atomic E-state index is 12.6. The molecule has 2 N–H and O–H groups in total. The fourth-order valence-corrected chi connectivity index (χ4v) is 4.32. The minimum Gasteiger partial charge on any atom is -0.314 e. The summed E-state index contributed by atoms with van der Waals surface area (Å²) in [5, 5.41) is 5.16. The first-order valence-electron chi connectivity index (χ1n) is 7.88. The van der Waals surface area contributed by atoms with Gasteiger partial charge in [0.15, 0.2) is 0 Å². The Labute approximate surface area is 132 Å². The van der Waals surface area contributed by atoms with Gasteiger partial charge in [0.25, 0.3) is 0 Å². The van der Waals surface area contributed by atoms with Crippen LogP contribution in [0.4, 0.5) is 0 Å². The van der Waals surface area contributed by atoms with E-state index in [1.54, 1.807) is 12.1 Å². The molecule has 2 aromatic carbocycles. The van der Waals surface area contributed by atoms with Crippen LogP contribution in [0.15, 0.2) is 47.4 Å². The van der Waals surface area contributed by atoms with Gasteiger partial charge in [0, 0.05) is 18.0 Å². The van der Waals surface area contributed by atoms with Gasteiger partial charge in [-0.1, -0.05) is 42.8 Å². The van der Waals surface area contributed by atoms with E-state index >= 15 is 0 Å². The van der Waals surface area contributed by atoms with Crippen molar-refractivity contribution >= 4 is 20.8 Å². The monoisotopic (exact) mass is 318 g/mol. The third-order valence-electron chi connectivity index (χ3n) is 4.24. The second kappa shape index (κ2) is 6.77. The molecule has 3 rings (SSSR count). The van der Waals surface area contributed by atoms with Crippen LogP contribution in [0.25, 0.3) is 10.8 Å². The molecule has 1 aliphatic rings. The van der Waals surface area contributed by atoms with Crippen LogP contribution in [0.5, 0.6) is 0 Å². The van der Waals surface area contributed by atoms with E-state index in [-0.39, 0.29) is 0 Å². The smallest absolute Gasteiger partial charge is 0.241 e. The average Bonchev–Trinajstić information content (AvgIpc) is 2.55. The molecule has 0 aromatic heterocycles. The second-order valence-electron chi connectivity index (χ2n) is 5.81. The number of benzene rings is 2. The maximum absolute atomic E-state index is 12.6. The van der Waals surface area contributed by atoms with Crippen LogP contribution in [-0.4, -0.2) is 27.5 Å². The highest BCUT2D eigenvalue weighted by Gasteiger charge is 2.18. The summed E-state index contributed by atoms with van der Waals surface area (Å²) < 4.78 is 27.9. The van der Waals surface area contributed by atoms with E-state index in [0.29, 0.717) is 17.5 Å². The highest BCUT2D eigenvalue weighted by Crippen LogP contribution is 2.22. The first-order chi connectivity index (χ1) is 10.7. The van der Waals surface area contributed by atoms with E-state index < -0.39 is 10.0 Å². The van der Waals surface area contributed by atoms with E-state index in [2.05, 4.69) is 10.0 Å². The van der Waals surface area contributed by atoms with Crippen molar-refractivity contribution in [3.63, 3.8) is 0 Å². The van der Waals surface area contributed by atoms with Crippen molar-refractivity contribution in [1.29, 1.82) is 0 Å². The maximum Gasteiger partial charge on any atom is 0.241 e. The van der Waals surface area contributed by atoms with Gasteiger partial charge in [0.2, 0.25) is 10.0 Å².